The molecule has 1 saturated heterocycles. The summed E-state index contributed by atoms with van der Waals surface area (Å²) >= 11 is 0. The molecule has 1 unspecified atom stereocenters. The average molecular weight is 365 g/mol. The van der Waals surface area contributed by atoms with Crippen molar-refractivity contribution in [3.05, 3.63) is 36.3 Å². The number of fused-ring (bicyclic) bond motifs is 1. The summed E-state index contributed by atoms with van der Waals surface area (Å²) in [4.78, 5) is 35.5. The minimum Gasteiger partial charge on any atom is -0.343 e. The smallest absolute Gasteiger partial charge is 0.222 e. The molecule has 3 heterocycles. The van der Waals surface area contributed by atoms with Gasteiger partial charge in [-0.05, 0) is 50.3 Å². The number of hydrogen-bond acceptors (Lipinski definition) is 4. The monoisotopic (exact) mass is 365 g/mol. The van der Waals surface area contributed by atoms with Crippen LogP contribution in [0.4, 0.5) is 0 Å². The van der Waals surface area contributed by atoms with Gasteiger partial charge in [0.25, 0.3) is 0 Å². The van der Waals surface area contributed by atoms with Crippen LogP contribution in [-0.2, 0) is 9.59 Å². The molecule has 5 heteroatoms. The highest BCUT2D eigenvalue weighted by molar-refractivity contribution is 5.83. The number of piperidine rings is 1. The molecule has 27 heavy (non-hydrogen) atoms. The fourth-order valence-corrected chi connectivity index (χ4v) is 4.45. The Morgan fingerprint density at radius 3 is 2.81 bits per heavy atom. The molecule has 1 aliphatic heterocycles. The number of carbonyl (C=O) groups excluding carboxylic acids is 2. The molecule has 1 saturated carbocycles. The summed E-state index contributed by atoms with van der Waals surface area (Å²) in [6, 6.07) is 6.04. The van der Waals surface area contributed by atoms with Crippen molar-refractivity contribution in [2.75, 3.05) is 13.1 Å². The molecule has 1 amide bonds. The van der Waals surface area contributed by atoms with E-state index >= 15 is 0 Å². The van der Waals surface area contributed by atoms with Crippen molar-refractivity contribution >= 4 is 22.6 Å². The molecule has 1 atom stereocenters. The second-order valence-electron chi connectivity index (χ2n) is 7.91. The first kappa shape index (κ1) is 18.1. The van der Waals surface area contributed by atoms with Crippen molar-refractivity contribution < 1.29 is 9.59 Å². The predicted molar refractivity (Wildman–Crippen MR) is 104 cm³/mol. The Labute approximate surface area is 160 Å². The minimum atomic E-state index is 0.120. The van der Waals surface area contributed by atoms with Gasteiger partial charge in [-0.2, -0.15) is 0 Å². The number of hydrogen-bond donors (Lipinski definition) is 0. The molecule has 142 valence electrons. The van der Waals surface area contributed by atoms with E-state index in [2.05, 4.69) is 16.0 Å². The van der Waals surface area contributed by atoms with Crippen LogP contribution in [0, 0.1) is 5.92 Å². The summed E-state index contributed by atoms with van der Waals surface area (Å²) in [6.07, 6.45) is 10.7. The Bertz CT molecular complexity index is 827. The van der Waals surface area contributed by atoms with Gasteiger partial charge in [0.05, 0.1) is 5.52 Å². The normalized spacial score (nSPS) is 21.6. The van der Waals surface area contributed by atoms with Crippen LogP contribution in [0.5, 0.6) is 0 Å². The molecule has 1 aliphatic carbocycles. The topological polar surface area (TPSA) is 63.2 Å². The van der Waals surface area contributed by atoms with E-state index in [9.17, 15) is 9.59 Å². The van der Waals surface area contributed by atoms with Gasteiger partial charge in [0.15, 0.2) is 0 Å². The average Bonchev–Trinajstić information content (AvgIpc) is 2.73. The third-order valence-electron chi connectivity index (χ3n) is 6.16. The van der Waals surface area contributed by atoms with Gasteiger partial charge >= 0.3 is 0 Å². The van der Waals surface area contributed by atoms with E-state index in [0.29, 0.717) is 24.5 Å². The number of nitrogens with zero attached hydrogens (tertiary/aromatic N) is 3. The van der Waals surface area contributed by atoms with Crippen LogP contribution in [-0.4, -0.2) is 39.6 Å². The SMILES string of the molecule is O=C1CCCCC1CCC(=O)N1CCC(c2cc3ncccc3cn2)CC1. The Morgan fingerprint density at radius 2 is 2.00 bits per heavy atom. The summed E-state index contributed by atoms with van der Waals surface area (Å²) in [5.41, 5.74) is 2.07. The number of amides is 1. The van der Waals surface area contributed by atoms with Crippen molar-refractivity contribution in [1.29, 1.82) is 0 Å². The zero-order chi connectivity index (χ0) is 18.6. The van der Waals surface area contributed by atoms with Crippen molar-refractivity contribution in [2.24, 2.45) is 5.92 Å². The van der Waals surface area contributed by atoms with Crippen molar-refractivity contribution in [2.45, 2.75) is 57.3 Å². The molecule has 2 aliphatic rings. The number of aromatic nitrogens is 2. The maximum absolute atomic E-state index is 12.6. The molecule has 0 aromatic carbocycles. The van der Waals surface area contributed by atoms with Crippen LogP contribution in [0.1, 0.15) is 63.0 Å². The van der Waals surface area contributed by atoms with Gasteiger partial charge in [0.1, 0.15) is 5.78 Å². The lowest BCUT2D eigenvalue weighted by Crippen LogP contribution is -2.38. The number of ketones is 1. The van der Waals surface area contributed by atoms with E-state index in [1.807, 2.05) is 29.4 Å². The van der Waals surface area contributed by atoms with Gasteiger partial charge in [0, 0.05) is 61.2 Å². The first-order valence-corrected chi connectivity index (χ1v) is 10.2. The van der Waals surface area contributed by atoms with Gasteiger partial charge in [0.2, 0.25) is 5.91 Å². The molecule has 0 spiro atoms. The van der Waals surface area contributed by atoms with Crippen LogP contribution >= 0.6 is 0 Å². The summed E-state index contributed by atoms with van der Waals surface area (Å²) in [5.74, 6) is 1.08. The summed E-state index contributed by atoms with van der Waals surface area (Å²) < 4.78 is 0. The zero-order valence-corrected chi connectivity index (χ0v) is 15.8. The maximum atomic E-state index is 12.6. The van der Waals surface area contributed by atoms with Crippen molar-refractivity contribution in [3.8, 4) is 0 Å². The van der Waals surface area contributed by atoms with Crippen LogP contribution in [0.15, 0.2) is 30.6 Å². The van der Waals surface area contributed by atoms with Crippen molar-refractivity contribution in [3.63, 3.8) is 0 Å². The van der Waals surface area contributed by atoms with E-state index in [-0.39, 0.29) is 11.8 Å². The molecular formula is C22H27N3O2. The molecule has 2 aromatic rings. The molecule has 5 nitrogen and oxygen atoms in total. The van der Waals surface area contributed by atoms with Crippen molar-refractivity contribution in [1.82, 2.24) is 14.9 Å². The van der Waals surface area contributed by atoms with Crippen LogP contribution in [0.3, 0.4) is 0 Å². The van der Waals surface area contributed by atoms with Gasteiger partial charge < -0.3 is 4.90 Å². The molecular weight excluding hydrogens is 338 g/mol. The number of pyridine rings is 2. The Hall–Kier alpha value is -2.30. The third kappa shape index (κ3) is 4.18. The number of carbonyl (C=O) groups is 2. The zero-order valence-electron chi connectivity index (χ0n) is 15.8. The fraction of sp³-hybridized carbons (Fsp3) is 0.545. The van der Waals surface area contributed by atoms with E-state index in [0.717, 1.165) is 68.2 Å². The first-order valence-electron chi connectivity index (χ1n) is 10.2. The Kier molecular flexibility index (Phi) is 5.46. The standard InChI is InChI=1S/C22H27N3O2/c26-21-6-2-1-4-17(21)7-8-22(27)25-12-9-16(10-13-25)19-14-20-18(15-24-19)5-3-11-23-20/h3,5,11,14-17H,1-2,4,6-10,12-13H2. The summed E-state index contributed by atoms with van der Waals surface area (Å²) in [5, 5.41) is 1.06. The molecule has 2 aromatic heterocycles. The highest BCUT2D eigenvalue weighted by Gasteiger charge is 2.27. The maximum Gasteiger partial charge on any atom is 0.222 e. The van der Waals surface area contributed by atoms with Gasteiger partial charge in [-0.25, -0.2) is 0 Å². The highest BCUT2D eigenvalue weighted by atomic mass is 16.2. The molecule has 0 N–H and O–H groups in total. The largest absolute Gasteiger partial charge is 0.343 e. The lowest BCUT2D eigenvalue weighted by Gasteiger charge is -2.32. The Balaban J connectivity index is 1.30. The Morgan fingerprint density at radius 1 is 1.15 bits per heavy atom. The fourth-order valence-electron chi connectivity index (χ4n) is 4.45. The van der Waals surface area contributed by atoms with Gasteiger partial charge in [-0.1, -0.05) is 6.42 Å². The number of likely N-dealkylation sites (tertiary alicyclic amines) is 1. The van der Waals surface area contributed by atoms with Crippen LogP contribution < -0.4 is 0 Å². The molecule has 2 fully saturated rings. The van der Waals surface area contributed by atoms with Gasteiger partial charge in [-0.15, -0.1) is 0 Å². The summed E-state index contributed by atoms with van der Waals surface area (Å²) in [6.45, 7) is 1.56. The third-order valence-corrected chi connectivity index (χ3v) is 6.16. The van der Waals surface area contributed by atoms with Crippen LogP contribution in [0.25, 0.3) is 10.9 Å². The van der Waals surface area contributed by atoms with Crippen LogP contribution in [0.2, 0.25) is 0 Å². The van der Waals surface area contributed by atoms with E-state index in [1.54, 1.807) is 0 Å². The van der Waals surface area contributed by atoms with E-state index < -0.39 is 0 Å². The number of rotatable bonds is 4. The van der Waals surface area contributed by atoms with E-state index in [1.165, 1.54) is 0 Å². The molecule has 0 bridgehead atoms. The predicted octanol–water partition coefficient (Wildman–Crippen LogP) is 3.88. The second-order valence-corrected chi connectivity index (χ2v) is 7.91. The van der Waals surface area contributed by atoms with Gasteiger partial charge in [-0.3, -0.25) is 19.6 Å². The summed E-state index contributed by atoms with van der Waals surface area (Å²) in [7, 11) is 0. The number of Topliss-reactive ketones (excluding diaryl/α,β-unsaturated/α-hetero) is 1. The minimum absolute atomic E-state index is 0.120. The second kappa shape index (κ2) is 8.15. The first-order chi connectivity index (χ1) is 13.2. The molecule has 0 radical (unpaired) electrons. The lowest BCUT2D eigenvalue weighted by molar-refractivity contribution is -0.133. The highest BCUT2D eigenvalue weighted by Crippen LogP contribution is 2.29. The van der Waals surface area contributed by atoms with E-state index in [4.69, 9.17) is 0 Å². The molecule has 4 rings (SSSR count). The quantitative estimate of drug-likeness (QED) is 0.825. The lowest BCUT2D eigenvalue weighted by atomic mass is 9.84.